The third-order valence-corrected chi connectivity index (χ3v) is 12.1. The third-order valence-electron chi connectivity index (χ3n) is 12.1. The summed E-state index contributed by atoms with van der Waals surface area (Å²) in [6.07, 6.45) is 12.6. The molecule has 1 aliphatic heterocycles. The summed E-state index contributed by atoms with van der Waals surface area (Å²) >= 11 is 0. The zero-order chi connectivity index (χ0) is 39.9. The van der Waals surface area contributed by atoms with Crippen LogP contribution in [0, 0.1) is 17.3 Å². The molecule has 4 fully saturated rings. The van der Waals surface area contributed by atoms with Gasteiger partial charge in [-0.2, -0.15) is 0 Å². The first kappa shape index (κ1) is 46.1. The minimum atomic E-state index is -1.27. The van der Waals surface area contributed by atoms with E-state index in [4.69, 9.17) is 15.0 Å². The van der Waals surface area contributed by atoms with Gasteiger partial charge >= 0.3 is 7.12 Å². The molecule has 4 rings (SSSR count). The molecule has 310 valence electrons. The lowest BCUT2D eigenvalue weighted by atomic mass is 9.43. The highest BCUT2D eigenvalue weighted by molar-refractivity contribution is 6.47. The number of hydrogen-bond acceptors (Lipinski definition) is 10. The minimum absolute atomic E-state index is 0.0221. The number of unbranched alkanes of at least 4 members (excludes halogenated alkanes) is 8. The Labute approximate surface area is 325 Å². The number of hydrogen-bond donors (Lipinski definition) is 8. The summed E-state index contributed by atoms with van der Waals surface area (Å²) in [5.74, 6) is -1.59. The van der Waals surface area contributed by atoms with Crippen LogP contribution in [0.25, 0.3) is 0 Å². The summed E-state index contributed by atoms with van der Waals surface area (Å²) in [5, 5.41) is 27.7. The van der Waals surface area contributed by atoms with Crippen LogP contribution in [0.2, 0.25) is 0 Å². The van der Waals surface area contributed by atoms with Gasteiger partial charge in [0.1, 0.15) is 18.1 Å². The highest BCUT2D eigenvalue weighted by Gasteiger charge is 2.68. The number of aliphatic hydroxyl groups excluding tert-OH is 1. The maximum atomic E-state index is 13.6. The SMILES string of the molecule is CCCCCCCCCCNCCNCC(=O)NC(C(=O)NC(C)C(=O)NC(CCCCN)C(=O)NC(C)B1OC2CC3CC(C3(C)C)C2(C)O1)C(C)O. The van der Waals surface area contributed by atoms with E-state index < -0.39 is 60.6 Å². The van der Waals surface area contributed by atoms with Crippen molar-refractivity contribution in [1.82, 2.24) is 31.9 Å². The van der Waals surface area contributed by atoms with Crippen LogP contribution >= 0.6 is 0 Å². The second-order valence-electron chi connectivity index (χ2n) is 16.9. The van der Waals surface area contributed by atoms with E-state index in [0.29, 0.717) is 50.7 Å². The molecule has 0 aromatic heterocycles. The molecule has 14 nitrogen and oxygen atoms in total. The molecule has 3 saturated carbocycles. The quantitative estimate of drug-likeness (QED) is 0.0452. The summed E-state index contributed by atoms with van der Waals surface area (Å²) in [5.41, 5.74) is 5.49. The molecule has 9 unspecified atom stereocenters. The smallest absolute Gasteiger partial charge is 0.404 e. The van der Waals surface area contributed by atoms with E-state index in [2.05, 4.69) is 59.6 Å². The zero-order valence-electron chi connectivity index (χ0n) is 34.4. The highest BCUT2D eigenvalue weighted by atomic mass is 16.7. The fourth-order valence-corrected chi connectivity index (χ4v) is 8.45. The van der Waals surface area contributed by atoms with E-state index in [-0.39, 0.29) is 24.0 Å². The molecule has 1 heterocycles. The van der Waals surface area contributed by atoms with Crippen LogP contribution in [-0.2, 0) is 28.5 Å². The zero-order valence-corrected chi connectivity index (χ0v) is 34.4. The average molecular weight is 764 g/mol. The van der Waals surface area contributed by atoms with Gasteiger partial charge in [0.15, 0.2) is 0 Å². The van der Waals surface area contributed by atoms with Gasteiger partial charge in [-0.25, -0.2) is 0 Å². The molecule has 9 N–H and O–H groups in total. The van der Waals surface area contributed by atoms with Gasteiger partial charge in [0, 0.05) is 13.1 Å². The Balaban J connectivity index is 1.40. The monoisotopic (exact) mass is 764 g/mol. The molecule has 1 saturated heterocycles. The Morgan fingerprint density at radius 3 is 2.11 bits per heavy atom. The number of aliphatic hydroxyl groups is 1. The molecule has 0 aromatic carbocycles. The second kappa shape index (κ2) is 22.4. The van der Waals surface area contributed by atoms with Crippen molar-refractivity contribution in [3.05, 3.63) is 0 Å². The first-order valence-electron chi connectivity index (χ1n) is 21.0. The first-order valence-corrected chi connectivity index (χ1v) is 21.0. The third kappa shape index (κ3) is 13.1. The number of nitrogens with one attached hydrogen (secondary N) is 6. The molecule has 0 spiro atoms. The maximum absolute atomic E-state index is 13.6. The lowest BCUT2D eigenvalue weighted by Gasteiger charge is -2.64. The van der Waals surface area contributed by atoms with Crippen LogP contribution in [0.3, 0.4) is 0 Å². The van der Waals surface area contributed by atoms with Crippen LogP contribution in [0.15, 0.2) is 0 Å². The number of amides is 4. The van der Waals surface area contributed by atoms with E-state index >= 15 is 0 Å². The van der Waals surface area contributed by atoms with E-state index in [0.717, 1.165) is 25.8 Å². The summed E-state index contributed by atoms with van der Waals surface area (Å²) in [4.78, 5) is 52.6. The van der Waals surface area contributed by atoms with Gasteiger partial charge < -0.3 is 52.0 Å². The van der Waals surface area contributed by atoms with E-state index in [1.54, 1.807) is 0 Å². The Bertz CT molecular complexity index is 1200. The molecule has 15 heteroatoms. The van der Waals surface area contributed by atoms with Gasteiger partial charge in [-0.05, 0) is 96.6 Å². The number of carbonyl (C=O) groups excluding carboxylic acids is 4. The lowest BCUT2D eigenvalue weighted by Crippen LogP contribution is -2.65. The largest absolute Gasteiger partial charge is 0.481 e. The van der Waals surface area contributed by atoms with Crippen LogP contribution in [0.4, 0.5) is 0 Å². The van der Waals surface area contributed by atoms with E-state index in [1.165, 1.54) is 58.8 Å². The average Bonchev–Trinajstić information content (AvgIpc) is 3.49. The molecule has 4 aliphatic rings. The van der Waals surface area contributed by atoms with Crippen molar-refractivity contribution < 1.29 is 33.6 Å². The van der Waals surface area contributed by atoms with Crippen molar-refractivity contribution in [2.45, 2.75) is 174 Å². The molecule has 3 aliphatic carbocycles. The van der Waals surface area contributed by atoms with Crippen molar-refractivity contribution in [3.8, 4) is 0 Å². The number of carbonyl (C=O) groups is 4. The van der Waals surface area contributed by atoms with Crippen LogP contribution in [-0.4, -0.2) is 110 Å². The summed E-state index contributed by atoms with van der Waals surface area (Å²) < 4.78 is 12.9. The maximum Gasteiger partial charge on any atom is 0.481 e. The minimum Gasteiger partial charge on any atom is -0.404 e. The molecule has 54 heavy (non-hydrogen) atoms. The Kier molecular flexibility index (Phi) is 19.2. The number of nitrogens with two attached hydrogens (primary N) is 1. The lowest BCUT2D eigenvalue weighted by molar-refractivity contribution is -0.199. The molecule has 4 amide bonds. The van der Waals surface area contributed by atoms with Gasteiger partial charge in [-0.15, -0.1) is 0 Å². The van der Waals surface area contributed by atoms with Crippen molar-refractivity contribution >= 4 is 30.7 Å². The highest BCUT2D eigenvalue weighted by Crippen LogP contribution is 2.65. The molecular formula is C39H74BN7O7. The van der Waals surface area contributed by atoms with Crippen molar-refractivity contribution in [2.24, 2.45) is 23.0 Å². The summed E-state index contributed by atoms with van der Waals surface area (Å²) in [7, 11) is -0.610. The second-order valence-corrected chi connectivity index (χ2v) is 16.9. The summed E-state index contributed by atoms with van der Waals surface area (Å²) in [6, 6.07) is -3.21. The number of rotatable bonds is 27. The Morgan fingerprint density at radius 1 is 0.796 bits per heavy atom. The topological polar surface area (TPSA) is 205 Å². The van der Waals surface area contributed by atoms with Crippen molar-refractivity contribution in [3.63, 3.8) is 0 Å². The Morgan fingerprint density at radius 2 is 1.46 bits per heavy atom. The van der Waals surface area contributed by atoms with Gasteiger partial charge in [0.05, 0.1) is 30.3 Å². The predicted molar refractivity (Wildman–Crippen MR) is 212 cm³/mol. The predicted octanol–water partition coefficient (Wildman–Crippen LogP) is 2.06. The standard InChI is InChI=1S/C39H74BN7O7/c1-8-9-10-11-12-13-14-17-20-42-21-22-43-25-33(49)47-34(27(3)48)37(52)44-26(2)35(50)46-30(18-15-16-19-41)36(51)45-28(4)40-53-32-24-29-23-31(38(29,5)6)39(32,7)54-40/h26-32,34,42-43,48H,8-25,41H2,1-7H3,(H,44,52)(H,45,51)(H,46,50)(H,47,49). The van der Waals surface area contributed by atoms with Crippen LogP contribution in [0.1, 0.15) is 132 Å². The Hall–Kier alpha value is -2.30. The molecule has 9 atom stereocenters. The molecular weight excluding hydrogens is 689 g/mol. The normalized spacial score (nSPS) is 25.4. The first-order chi connectivity index (χ1) is 25.6. The van der Waals surface area contributed by atoms with Gasteiger partial charge in [0.2, 0.25) is 23.6 Å². The molecule has 2 bridgehead atoms. The fourth-order valence-electron chi connectivity index (χ4n) is 8.45. The van der Waals surface area contributed by atoms with Crippen LogP contribution < -0.4 is 37.6 Å². The van der Waals surface area contributed by atoms with Crippen LogP contribution in [0.5, 0.6) is 0 Å². The fraction of sp³-hybridized carbons (Fsp3) is 0.897. The van der Waals surface area contributed by atoms with E-state index in [1.807, 2.05) is 6.92 Å². The van der Waals surface area contributed by atoms with Gasteiger partial charge in [-0.1, -0.05) is 65.7 Å². The summed E-state index contributed by atoms with van der Waals surface area (Å²) in [6.45, 7) is 16.3. The molecule has 0 aromatic rings. The molecule has 0 radical (unpaired) electrons. The van der Waals surface area contributed by atoms with Crippen molar-refractivity contribution in [2.75, 3.05) is 32.7 Å². The van der Waals surface area contributed by atoms with Gasteiger partial charge in [0.25, 0.3) is 0 Å². The van der Waals surface area contributed by atoms with Crippen molar-refractivity contribution in [1.29, 1.82) is 0 Å². The van der Waals surface area contributed by atoms with Gasteiger partial charge in [-0.3, -0.25) is 19.2 Å². The van der Waals surface area contributed by atoms with E-state index in [9.17, 15) is 24.3 Å².